The summed E-state index contributed by atoms with van der Waals surface area (Å²) in [7, 11) is 1.64. The van der Waals surface area contributed by atoms with Crippen LogP contribution in [0.5, 0.6) is 5.75 Å². The van der Waals surface area contributed by atoms with Gasteiger partial charge in [0, 0.05) is 10.6 Å². The monoisotopic (exact) mass is 434 g/mol. The molecule has 5 aromatic rings. The summed E-state index contributed by atoms with van der Waals surface area (Å²) in [5, 5.41) is 22.1. The van der Waals surface area contributed by atoms with E-state index in [1.54, 1.807) is 11.6 Å². The van der Waals surface area contributed by atoms with Crippen molar-refractivity contribution in [2.75, 3.05) is 7.11 Å². The van der Waals surface area contributed by atoms with Gasteiger partial charge in [-0.3, -0.25) is 5.10 Å². The molecule has 0 saturated heterocycles. The number of nitrogens with one attached hydrogen (secondary N) is 1. The van der Waals surface area contributed by atoms with E-state index in [1.165, 1.54) is 11.3 Å². The number of halogens is 1. The van der Waals surface area contributed by atoms with E-state index in [4.69, 9.17) is 16.3 Å². The molecule has 0 aliphatic heterocycles. The maximum absolute atomic E-state index is 6.04. The molecule has 0 aliphatic rings. The normalized spacial score (nSPS) is 11.5. The van der Waals surface area contributed by atoms with Crippen molar-refractivity contribution in [3.8, 4) is 28.5 Å². The van der Waals surface area contributed by atoms with E-state index in [-0.39, 0.29) is 0 Å². The first kappa shape index (κ1) is 18.5. The molecule has 0 amide bonds. The second-order valence-corrected chi connectivity index (χ2v) is 7.87. The number of methoxy groups -OCH3 is 1. The van der Waals surface area contributed by atoms with Gasteiger partial charge in [-0.1, -0.05) is 41.1 Å². The minimum absolute atomic E-state index is 0.607. The fraction of sp³-hybridized carbons (Fsp3) is 0.0476. The van der Waals surface area contributed by atoms with Crippen LogP contribution in [-0.2, 0) is 0 Å². The van der Waals surface area contributed by atoms with Gasteiger partial charge in [0.2, 0.25) is 10.8 Å². The number of fused-ring (bicyclic) bond motifs is 1. The van der Waals surface area contributed by atoms with Gasteiger partial charge >= 0.3 is 0 Å². The molecule has 9 heteroatoms. The SMILES string of the molecule is COc1ccc(-c2cc(-c3nnc4sc(/C=C/c5cccc(Cl)c5)nn34)[nH]n2)cc1. The molecule has 3 aromatic heterocycles. The molecule has 5 rings (SSSR count). The van der Waals surface area contributed by atoms with Crippen LogP contribution < -0.4 is 4.74 Å². The third kappa shape index (κ3) is 3.58. The summed E-state index contributed by atoms with van der Waals surface area (Å²) >= 11 is 7.49. The van der Waals surface area contributed by atoms with E-state index < -0.39 is 0 Å². The summed E-state index contributed by atoms with van der Waals surface area (Å²) in [6, 6.07) is 17.3. The molecule has 0 saturated carbocycles. The lowest BCUT2D eigenvalue weighted by atomic mass is 10.1. The molecular formula is C21H15ClN6OS. The second kappa shape index (κ2) is 7.74. The minimum atomic E-state index is 0.607. The van der Waals surface area contributed by atoms with E-state index in [2.05, 4.69) is 25.5 Å². The number of benzene rings is 2. The van der Waals surface area contributed by atoms with E-state index >= 15 is 0 Å². The average molecular weight is 435 g/mol. The Morgan fingerprint density at radius 1 is 1.07 bits per heavy atom. The summed E-state index contributed by atoms with van der Waals surface area (Å²) < 4.78 is 6.92. The highest BCUT2D eigenvalue weighted by Gasteiger charge is 2.15. The van der Waals surface area contributed by atoms with Crippen LogP contribution >= 0.6 is 22.9 Å². The zero-order chi connectivity index (χ0) is 20.5. The molecule has 0 radical (unpaired) electrons. The lowest BCUT2D eigenvalue weighted by molar-refractivity contribution is 0.415. The summed E-state index contributed by atoms with van der Waals surface area (Å²) in [5.74, 6) is 1.41. The zero-order valence-corrected chi connectivity index (χ0v) is 17.4. The third-order valence-corrected chi connectivity index (χ3v) is 5.58. The van der Waals surface area contributed by atoms with Crippen molar-refractivity contribution in [1.29, 1.82) is 0 Å². The van der Waals surface area contributed by atoms with Crippen molar-refractivity contribution >= 4 is 40.1 Å². The molecule has 0 bridgehead atoms. The van der Waals surface area contributed by atoms with Crippen LogP contribution in [0.2, 0.25) is 5.02 Å². The highest BCUT2D eigenvalue weighted by Crippen LogP contribution is 2.26. The Morgan fingerprint density at radius 3 is 2.73 bits per heavy atom. The summed E-state index contributed by atoms with van der Waals surface area (Å²) in [6.45, 7) is 0. The van der Waals surface area contributed by atoms with Crippen LogP contribution in [0, 0.1) is 0 Å². The molecule has 0 aliphatic carbocycles. The lowest BCUT2D eigenvalue weighted by Gasteiger charge is -1.99. The zero-order valence-electron chi connectivity index (χ0n) is 15.8. The Bertz CT molecular complexity index is 1350. The largest absolute Gasteiger partial charge is 0.497 e. The van der Waals surface area contributed by atoms with Crippen LogP contribution in [0.15, 0.2) is 54.6 Å². The molecule has 148 valence electrons. The van der Waals surface area contributed by atoms with Gasteiger partial charge in [0.25, 0.3) is 0 Å². The average Bonchev–Trinajstić information content (AvgIpc) is 3.48. The maximum atomic E-state index is 6.04. The predicted octanol–water partition coefficient (Wildman–Crippen LogP) is 5.08. The number of rotatable bonds is 5. The van der Waals surface area contributed by atoms with Crippen LogP contribution in [0.4, 0.5) is 0 Å². The van der Waals surface area contributed by atoms with E-state index in [0.29, 0.717) is 15.8 Å². The first-order valence-electron chi connectivity index (χ1n) is 9.06. The van der Waals surface area contributed by atoms with E-state index in [1.807, 2.05) is 66.7 Å². The number of nitrogens with zero attached hydrogens (tertiary/aromatic N) is 5. The van der Waals surface area contributed by atoms with Gasteiger partial charge in [0.1, 0.15) is 16.5 Å². The quantitative estimate of drug-likeness (QED) is 0.417. The number of hydrogen-bond donors (Lipinski definition) is 1. The Morgan fingerprint density at radius 2 is 1.93 bits per heavy atom. The Balaban J connectivity index is 1.43. The van der Waals surface area contributed by atoms with Crippen LogP contribution in [-0.4, -0.2) is 37.1 Å². The molecule has 30 heavy (non-hydrogen) atoms. The standard InChI is InChI=1S/C21H15ClN6OS/c1-29-16-8-6-14(7-9-16)17-12-18(24-23-17)20-25-26-21-28(20)27-19(30-21)10-5-13-3-2-4-15(22)11-13/h2-12H,1H3,(H,23,24)/b10-5+. The fourth-order valence-corrected chi connectivity index (χ4v) is 3.93. The molecule has 0 unspecified atom stereocenters. The third-order valence-electron chi connectivity index (χ3n) is 4.48. The van der Waals surface area contributed by atoms with Crippen molar-refractivity contribution in [2.45, 2.75) is 0 Å². The van der Waals surface area contributed by atoms with Gasteiger partial charge in [-0.05, 0) is 54.1 Å². The highest BCUT2D eigenvalue weighted by atomic mass is 35.5. The molecule has 7 nitrogen and oxygen atoms in total. The molecule has 0 atom stereocenters. The van der Waals surface area contributed by atoms with Crippen LogP contribution in [0.3, 0.4) is 0 Å². The van der Waals surface area contributed by atoms with Gasteiger partial charge in [0.15, 0.2) is 0 Å². The molecule has 0 fully saturated rings. The Kier molecular flexibility index (Phi) is 4.78. The van der Waals surface area contributed by atoms with Crippen molar-refractivity contribution in [1.82, 2.24) is 30.0 Å². The minimum Gasteiger partial charge on any atom is -0.497 e. The predicted molar refractivity (Wildman–Crippen MR) is 119 cm³/mol. The van der Waals surface area contributed by atoms with Gasteiger partial charge in [-0.2, -0.15) is 14.7 Å². The number of hydrogen-bond acceptors (Lipinski definition) is 6. The van der Waals surface area contributed by atoms with Crippen molar-refractivity contribution in [2.24, 2.45) is 0 Å². The smallest absolute Gasteiger partial charge is 0.235 e. The van der Waals surface area contributed by atoms with Gasteiger partial charge in [0.05, 0.1) is 12.8 Å². The molecular weight excluding hydrogens is 420 g/mol. The second-order valence-electron chi connectivity index (χ2n) is 6.44. The summed E-state index contributed by atoms with van der Waals surface area (Å²) in [4.78, 5) is 0.705. The molecule has 1 N–H and O–H groups in total. The molecule has 2 aromatic carbocycles. The topological polar surface area (TPSA) is 81.0 Å². The molecule has 0 spiro atoms. The Labute approximate surface area is 180 Å². The summed E-state index contributed by atoms with van der Waals surface area (Å²) in [5.41, 5.74) is 3.53. The Hall–Kier alpha value is -3.49. The van der Waals surface area contributed by atoms with Crippen LogP contribution in [0.25, 0.3) is 39.9 Å². The summed E-state index contributed by atoms with van der Waals surface area (Å²) in [6.07, 6.45) is 3.90. The van der Waals surface area contributed by atoms with Crippen molar-refractivity contribution < 1.29 is 4.74 Å². The van der Waals surface area contributed by atoms with Crippen molar-refractivity contribution in [3.05, 3.63) is 70.2 Å². The van der Waals surface area contributed by atoms with Gasteiger partial charge in [-0.25, -0.2) is 0 Å². The highest BCUT2D eigenvalue weighted by molar-refractivity contribution is 7.17. The fourth-order valence-electron chi connectivity index (χ4n) is 2.99. The van der Waals surface area contributed by atoms with Crippen molar-refractivity contribution in [3.63, 3.8) is 0 Å². The number of aromatic nitrogens is 6. The number of H-pyrrole nitrogens is 1. The lowest BCUT2D eigenvalue weighted by Crippen LogP contribution is -1.90. The molecule has 3 heterocycles. The number of ether oxygens (including phenoxy) is 1. The van der Waals surface area contributed by atoms with E-state index in [9.17, 15) is 0 Å². The van der Waals surface area contributed by atoms with Gasteiger partial charge < -0.3 is 4.74 Å². The number of aromatic amines is 1. The first-order chi connectivity index (χ1) is 14.7. The van der Waals surface area contributed by atoms with E-state index in [0.717, 1.165) is 33.3 Å². The first-order valence-corrected chi connectivity index (χ1v) is 10.3. The van der Waals surface area contributed by atoms with Gasteiger partial charge in [-0.15, -0.1) is 10.2 Å². The van der Waals surface area contributed by atoms with Crippen LogP contribution in [0.1, 0.15) is 10.6 Å². The maximum Gasteiger partial charge on any atom is 0.235 e.